The Kier molecular flexibility index (Phi) is 4.85. The van der Waals surface area contributed by atoms with Gasteiger partial charge in [-0.2, -0.15) is 0 Å². The number of hydrogen-bond donors (Lipinski definition) is 2. The quantitative estimate of drug-likeness (QED) is 0.262. The van der Waals surface area contributed by atoms with Crippen LogP contribution in [0, 0.1) is 10.1 Å². The number of nitrogens with two attached hydrogens (primary N) is 1. The van der Waals surface area contributed by atoms with Gasteiger partial charge in [0.2, 0.25) is 0 Å². The Hall–Kier alpha value is -2.46. The lowest BCUT2D eigenvalue weighted by atomic mass is 10.3. The van der Waals surface area contributed by atoms with E-state index in [9.17, 15) is 14.9 Å². The predicted molar refractivity (Wildman–Crippen MR) is 75.5 cm³/mol. The van der Waals surface area contributed by atoms with Crippen molar-refractivity contribution in [1.82, 2.24) is 20.4 Å². The number of carbonyl (C=O) groups excluding carboxylic acids is 1. The van der Waals surface area contributed by atoms with Gasteiger partial charge in [-0.05, 0) is 12.1 Å². The van der Waals surface area contributed by atoms with Crippen molar-refractivity contribution >= 4 is 23.4 Å². The number of amides is 1. The molecule has 1 aromatic heterocycles. The predicted octanol–water partition coefficient (Wildman–Crippen LogP) is 0.582. The fourth-order valence-electron chi connectivity index (χ4n) is 1.51. The number of nitrogens with zero attached hydrogens (tertiary/aromatic N) is 4. The number of aromatic nitrogens is 3. The molecule has 0 unspecified atom stereocenters. The van der Waals surface area contributed by atoms with Crippen molar-refractivity contribution in [1.29, 1.82) is 0 Å². The van der Waals surface area contributed by atoms with Gasteiger partial charge < -0.3 is 0 Å². The largest absolute Gasteiger partial charge is 0.289 e. The Morgan fingerprint density at radius 3 is 2.76 bits per heavy atom. The summed E-state index contributed by atoms with van der Waals surface area (Å²) in [7, 11) is 0. The van der Waals surface area contributed by atoms with E-state index in [1.165, 1.54) is 34.8 Å². The zero-order valence-electron chi connectivity index (χ0n) is 10.8. The molecule has 0 fully saturated rings. The van der Waals surface area contributed by atoms with Crippen LogP contribution in [0.3, 0.4) is 0 Å². The number of carbonyl (C=O) groups is 1. The van der Waals surface area contributed by atoms with Crippen molar-refractivity contribution in [3.63, 3.8) is 0 Å². The van der Waals surface area contributed by atoms with E-state index in [2.05, 4.69) is 10.3 Å². The number of nitro benzene ring substituents is 1. The van der Waals surface area contributed by atoms with Crippen LogP contribution in [-0.2, 0) is 6.54 Å². The molecule has 0 aliphatic rings. The molecule has 21 heavy (non-hydrogen) atoms. The molecule has 0 atom stereocenters. The molecule has 1 aromatic carbocycles. The first-order valence-corrected chi connectivity index (χ1v) is 6.87. The number of thioether (sulfide) groups is 1. The first-order valence-electron chi connectivity index (χ1n) is 5.88. The van der Waals surface area contributed by atoms with E-state index in [1.54, 1.807) is 12.1 Å². The van der Waals surface area contributed by atoms with Gasteiger partial charge in [-0.3, -0.25) is 25.0 Å². The average Bonchev–Trinajstić information content (AvgIpc) is 2.96. The van der Waals surface area contributed by atoms with E-state index in [0.29, 0.717) is 12.3 Å². The van der Waals surface area contributed by atoms with Crippen LogP contribution in [0.5, 0.6) is 0 Å². The Bertz CT molecular complexity index is 642. The van der Waals surface area contributed by atoms with Crippen LogP contribution in [0.15, 0.2) is 35.4 Å². The maximum absolute atomic E-state index is 11.2. The number of benzene rings is 1. The van der Waals surface area contributed by atoms with E-state index >= 15 is 0 Å². The minimum atomic E-state index is -0.496. The van der Waals surface area contributed by atoms with Gasteiger partial charge in [-0.1, -0.05) is 5.21 Å². The smallest absolute Gasteiger partial charge is 0.287 e. The minimum absolute atomic E-state index is 0.0630. The number of hydrogen-bond acceptors (Lipinski definition) is 7. The summed E-state index contributed by atoms with van der Waals surface area (Å²) in [6.07, 6.45) is 1.50. The summed E-state index contributed by atoms with van der Waals surface area (Å²) in [6, 6.07) is 6.30. The van der Waals surface area contributed by atoms with Gasteiger partial charge in [-0.25, -0.2) is 5.84 Å². The molecule has 0 bridgehead atoms. The molecule has 0 saturated carbocycles. The Morgan fingerprint density at radius 1 is 1.43 bits per heavy atom. The van der Waals surface area contributed by atoms with Crippen LogP contribution in [-0.4, -0.2) is 31.6 Å². The summed E-state index contributed by atoms with van der Waals surface area (Å²) in [5.41, 5.74) is 2.19. The van der Waals surface area contributed by atoms with Gasteiger partial charge >= 0.3 is 0 Å². The van der Waals surface area contributed by atoms with Crippen LogP contribution in [0.1, 0.15) is 10.5 Å². The minimum Gasteiger partial charge on any atom is -0.289 e. The average molecular weight is 308 g/mol. The van der Waals surface area contributed by atoms with Crippen LogP contribution >= 0.6 is 11.8 Å². The fraction of sp³-hybridized carbons (Fsp3) is 0.182. The van der Waals surface area contributed by atoms with Gasteiger partial charge in [-0.15, -0.1) is 16.9 Å². The second-order valence-corrected chi connectivity index (χ2v) is 5.11. The van der Waals surface area contributed by atoms with Gasteiger partial charge in [0.25, 0.3) is 11.6 Å². The molecule has 0 aliphatic heterocycles. The number of nitrogens with one attached hydrogen (secondary N) is 1. The van der Waals surface area contributed by atoms with E-state index in [-0.39, 0.29) is 11.4 Å². The van der Waals surface area contributed by atoms with Gasteiger partial charge in [0.1, 0.15) is 0 Å². The molecular formula is C11H12N6O3S. The third-order valence-electron chi connectivity index (χ3n) is 2.54. The summed E-state index contributed by atoms with van der Waals surface area (Å²) in [5, 5.41) is 18.0. The summed E-state index contributed by atoms with van der Waals surface area (Å²) >= 11 is 1.52. The molecule has 9 nitrogen and oxygen atoms in total. The third-order valence-corrected chi connectivity index (χ3v) is 3.53. The summed E-state index contributed by atoms with van der Waals surface area (Å²) in [5.74, 6) is 5.18. The topological polar surface area (TPSA) is 129 Å². The van der Waals surface area contributed by atoms with Crippen LogP contribution in [0.25, 0.3) is 0 Å². The molecule has 3 N–H and O–H groups in total. The molecule has 1 amide bonds. The van der Waals surface area contributed by atoms with Crippen LogP contribution < -0.4 is 11.3 Å². The maximum Gasteiger partial charge on any atom is 0.287 e. The van der Waals surface area contributed by atoms with Crippen molar-refractivity contribution in [2.45, 2.75) is 11.4 Å². The molecular weight excluding hydrogens is 296 g/mol. The fourth-order valence-corrected chi connectivity index (χ4v) is 2.35. The first kappa shape index (κ1) is 14.9. The second kappa shape index (κ2) is 6.81. The molecule has 0 radical (unpaired) electrons. The van der Waals surface area contributed by atoms with Crippen molar-refractivity contribution in [3.05, 3.63) is 46.3 Å². The van der Waals surface area contributed by atoms with Crippen molar-refractivity contribution < 1.29 is 9.72 Å². The van der Waals surface area contributed by atoms with Crippen molar-refractivity contribution in [2.24, 2.45) is 5.84 Å². The SMILES string of the molecule is NNC(=O)c1cn(CCSc2ccc([N+](=O)[O-])cc2)nn1. The lowest BCUT2D eigenvalue weighted by Crippen LogP contribution is -2.30. The van der Waals surface area contributed by atoms with E-state index in [0.717, 1.165) is 4.90 Å². The number of nitro groups is 1. The Morgan fingerprint density at radius 2 is 2.14 bits per heavy atom. The lowest BCUT2D eigenvalue weighted by molar-refractivity contribution is -0.384. The molecule has 0 spiro atoms. The lowest BCUT2D eigenvalue weighted by Gasteiger charge is -2.01. The standard InChI is InChI=1S/C11H12N6O3S/c12-13-11(18)10-7-16(15-14-10)5-6-21-9-3-1-8(2-4-9)17(19)20/h1-4,7H,5-6,12H2,(H,13,18). The normalized spacial score (nSPS) is 10.3. The first-order chi connectivity index (χ1) is 10.1. The second-order valence-electron chi connectivity index (χ2n) is 3.94. The van der Waals surface area contributed by atoms with Gasteiger partial charge in [0.15, 0.2) is 5.69 Å². The molecule has 110 valence electrons. The zero-order valence-corrected chi connectivity index (χ0v) is 11.6. The molecule has 0 aliphatic carbocycles. The van der Waals surface area contributed by atoms with Crippen LogP contribution in [0.2, 0.25) is 0 Å². The number of aryl methyl sites for hydroxylation is 1. The molecule has 0 saturated heterocycles. The highest BCUT2D eigenvalue weighted by atomic mass is 32.2. The Labute approximate surface area is 123 Å². The van der Waals surface area contributed by atoms with Crippen LogP contribution in [0.4, 0.5) is 5.69 Å². The summed E-state index contributed by atoms with van der Waals surface area (Å²) < 4.78 is 1.53. The van der Waals surface area contributed by atoms with Crippen molar-refractivity contribution in [2.75, 3.05) is 5.75 Å². The number of nitrogen functional groups attached to an aromatic ring is 1. The molecule has 10 heteroatoms. The van der Waals surface area contributed by atoms with E-state index in [1.807, 2.05) is 5.43 Å². The third kappa shape index (κ3) is 4.00. The monoisotopic (exact) mass is 308 g/mol. The highest BCUT2D eigenvalue weighted by Crippen LogP contribution is 2.21. The number of hydrazine groups is 1. The van der Waals surface area contributed by atoms with Gasteiger partial charge in [0.05, 0.1) is 17.7 Å². The molecule has 1 heterocycles. The summed E-state index contributed by atoms with van der Waals surface area (Å²) in [4.78, 5) is 22.2. The molecule has 2 rings (SSSR count). The Balaban J connectivity index is 1.85. The van der Waals surface area contributed by atoms with Gasteiger partial charge in [0, 0.05) is 22.8 Å². The number of non-ortho nitro benzene ring substituents is 1. The zero-order chi connectivity index (χ0) is 15.2. The van der Waals surface area contributed by atoms with E-state index < -0.39 is 10.8 Å². The highest BCUT2D eigenvalue weighted by molar-refractivity contribution is 7.99. The highest BCUT2D eigenvalue weighted by Gasteiger charge is 2.09. The maximum atomic E-state index is 11.2. The molecule has 2 aromatic rings. The van der Waals surface area contributed by atoms with Crippen molar-refractivity contribution in [3.8, 4) is 0 Å². The summed E-state index contributed by atoms with van der Waals surface area (Å²) in [6.45, 7) is 0.548. The number of rotatable bonds is 6. The van der Waals surface area contributed by atoms with E-state index in [4.69, 9.17) is 5.84 Å².